The van der Waals surface area contributed by atoms with Crippen molar-refractivity contribution in [2.45, 2.75) is 26.2 Å². The van der Waals surface area contributed by atoms with Crippen LogP contribution in [-0.4, -0.2) is 14.2 Å². The highest BCUT2D eigenvalue weighted by atomic mass is 32.2. The minimum absolute atomic E-state index is 0.0432. The van der Waals surface area contributed by atoms with Crippen LogP contribution in [0.2, 0.25) is 0 Å². The Hall–Kier alpha value is -1.10. The highest BCUT2D eigenvalue weighted by Crippen LogP contribution is 2.30. The van der Waals surface area contributed by atoms with Crippen LogP contribution < -0.4 is 4.72 Å². The molecule has 3 nitrogen and oxygen atoms in total. The molecule has 0 saturated carbocycles. The molecule has 0 aromatic heterocycles. The number of nitrogens with one attached hydrogen (secondary N) is 1. The smallest absolute Gasteiger partial charge is 0.233 e. The van der Waals surface area contributed by atoms with Gasteiger partial charge in [0, 0.05) is 5.56 Å². The number of rotatable bonds is 1. The standard InChI is InChI=1S/C11H14FNO2S/c1-7(2)8-3-4-10-9(11(8)12)5-6-16(14,15)13-10/h3-4,7,13H,5-6H2,1-2H3. The Bertz CT molecular complexity index is 523. The molecule has 0 fully saturated rings. The number of halogens is 1. The monoisotopic (exact) mass is 243 g/mol. The molecule has 1 aromatic rings. The molecule has 0 atom stereocenters. The lowest BCUT2D eigenvalue weighted by Gasteiger charge is -2.21. The third-order valence-corrected chi connectivity index (χ3v) is 4.05. The van der Waals surface area contributed by atoms with E-state index >= 15 is 0 Å². The number of hydrogen-bond donors (Lipinski definition) is 1. The Morgan fingerprint density at radius 1 is 1.38 bits per heavy atom. The van der Waals surface area contributed by atoms with E-state index in [1.807, 2.05) is 13.8 Å². The summed E-state index contributed by atoms with van der Waals surface area (Å²) in [5, 5.41) is 0. The molecule has 0 radical (unpaired) electrons. The van der Waals surface area contributed by atoms with Crippen molar-refractivity contribution in [1.82, 2.24) is 0 Å². The predicted octanol–water partition coefficient (Wildman–Crippen LogP) is 2.25. The van der Waals surface area contributed by atoms with Gasteiger partial charge >= 0.3 is 0 Å². The van der Waals surface area contributed by atoms with Crippen molar-refractivity contribution >= 4 is 15.7 Å². The molecular weight excluding hydrogens is 229 g/mol. The van der Waals surface area contributed by atoms with Crippen molar-refractivity contribution in [3.63, 3.8) is 0 Å². The molecule has 2 rings (SSSR count). The second kappa shape index (κ2) is 3.73. The van der Waals surface area contributed by atoms with Gasteiger partial charge in [0.2, 0.25) is 10.0 Å². The van der Waals surface area contributed by atoms with Crippen LogP contribution in [0.1, 0.15) is 30.9 Å². The molecule has 1 aromatic carbocycles. The van der Waals surface area contributed by atoms with E-state index in [9.17, 15) is 12.8 Å². The van der Waals surface area contributed by atoms with Crippen molar-refractivity contribution in [3.8, 4) is 0 Å². The lowest BCUT2D eigenvalue weighted by molar-refractivity contribution is 0.578. The molecule has 0 unspecified atom stereocenters. The maximum absolute atomic E-state index is 14.0. The van der Waals surface area contributed by atoms with Gasteiger partial charge < -0.3 is 0 Å². The first-order valence-corrected chi connectivity index (χ1v) is 6.87. The van der Waals surface area contributed by atoms with Gasteiger partial charge in [-0.05, 0) is 24.0 Å². The van der Waals surface area contributed by atoms with E-state index in [-0.39, 0.29) is 23.9 Å². The number of sulfonamides is 1. The highest BCUT2D eigenvalue weighted by Gasteiger charge is 2.24. The quantitative estimate of drug-likeness (QED) is 0.822. The zero-order valence-corrected chi connectivity index (χ0v) is 10.1. The van der Waals surface area contributed by atoms with Crippen LogP contribution in [0.3, 0.4) is 0 Å². The third-order valence-electron chi connectivity index (χ3n) is 2.78. The molecule has 1 N–H and O–H groups in total. The van der Waals surface area contributed by atoms with Crippen molar-refractivity contribution in [1.29, 1.82) is 0 Å². The summed E-state index contributed by atoms with van der Waals surface area (Å²) in [6, 6.07) is 3.29. The predicted molar refractivity (Wildman–Crippen MR) is 61.6 cm³/mol. The summed E-state index contributed by atoms with van der Waals surface area (Å²) in [6.07, 6.45) is 0.247. The highest BCUT2D eigenvalue weighted by molar-refractivity contribution is 7.92. The molecule has 5 heteroatoms. The average Bonchev–Trinajstić information content (AvgIpc) is 2.15. The van der Waals surface area contributed by atoms with Crippen LogP contribution in [0, 0.1) is 5.82 Å². The van der Waals surface area contributed by atoms with E-state index in [4.69, 9.17) is 0 Å². The molecule has 16 heavy (non-hydrogen) atoms. The zero-order valence-electron chi connectivity index (χ0n) is 9.25. The summed E-state index contributed by atoms with van der Waals surface area (Å²) in [4.78, 5) is 0. The molecule has 88 valence electrons. The van der Waals surface area contributed by atoms with E-state index in [1.165, 1.54) is 0 Å². The van der Waals surface area contributed by atoms with Crippen LogP contribution in [0.15, 0.2) is 12.1 Å². The number of fused-ring (bicyclic) bond motifs is 1. The lowest BCUT2D eigenvalue weighted by atomic mass is 9.97. The van der Waals surface area contributed by atoms with Gasteiger partial charge in [-0.25, -0.2) is 12.8 Å². The zero-order chi connectivity index (χ0) is 11.9. The van der Waals surface area contributed by atoms with Gasteiger partial charge in [0.1, 0.15) is 5.82 Å². The molecular formula is C11H14FNO2S. The van der Waals surface area contributed by atoms with Crippen LogP contribution >= 0.6 is 0 Å². The summed E-state index contributed by atoms with van der Waals surface area (Å²) in [5.41, 5.74) is 1.51. The maximum Gasteiger partial charge on any atom is 0.233 e. The first-order valence-electron chi connectivity index (χ1n) is 5.22. The minimum atomic E-state index is -3.26. The summed E-state index contributed by atoms with van der Waals surface area (Å²) in [7, 11) is -3.26. The number of benzene rings is 1. The van der Waals surface area contributed by atoms with Crippen molar-refractivity contribution < 1.29 is 12.8 Å². The summed E-state index contributed by atoms with van der Waals surface area (Å²) >= 11 is 0. The van der Waals surface area contributed by atoms with E-state index < -0.39 is 10.0 Å². The summed E-state index contributed by atoms with van der Waals surface area (Å²) in [5.74, 6) is -0.211. The number of hydrogen-bond acceptors (Lipinski definition) is 2. The topological polar surface area (TPSA) is 46.2 Å². The Morgan fingerprint density at radius 3 is 2.69 bits per heavy atom. The first-order chi connectivity index (χ1) is 7.41. The van der Waals surface area contributed by atoms with Crippen LogP contribution in [0.4, 0.5) is 10.1 Å². The molecule has 0 aliphatic carbocycles. The molecule has 1 aliphatic rings. The Labute approximate surface area is 94.7 Å². The van der Waals surface area contributed by atoms with Crippen LogP contribution in [0.25, 0.3) is 0 Å². The van der Waals surface area contributed by atoms with E-state index in [1.54, 1.807) is 12.1 Å². The normalized spacial score (nSPS) is 18.0. The minimum Gasteiger partial charge on any atom is -0.283 e. The van der Waals surface area contributed by atoms with Crippen LogP contribution in [-0.2, 0) is 16.4 Å². The van der Waals surface area contributed by atoms with Gasteiger partial charge in [0.25, 0.3) is 0 Å². The molecule has 1 heterocycles. The van der Waals surface area contributed by atoms with E-state index in [2.05, 4.69) is 4.72 Å². The second-order valence-electron chi connectivity index (χ2n) is 4.32. The first kappa shape index (κ1) is 11.4. The Morgan fingerprint density at radius 2 is 2.06 bits per heavy atom. The van der Waals surface area contributed by atoms with Crippen LogP contribution in [0.5, 0.6) is 0 Å². The number of anilines is 1. The van der Waals surface area contributed by atoms with Crippen molar-refractivity contribution in [3.05, 3.63) is 29.1 Å². The Balaban J connectivity index is 2.53. The third kappa shape index (κ3) is 1.91. The largest absolute Gasteiger partial charge is 0.283 e. The lowest BCUT2D eigenvalue weighted by Crippen LogP contribution is -2.25. The summed E-state index contributed by atoms with van der Waals surface area (Å²) < 4.78 is 39.0. The fourth-order valence-electron chi connectivity index (χ4n) is 1.88. The molecule has 0 saturated heterocycles. The fraction of sp³-hybridized carbons (Fsp3) is 0.455. The molecule has 0 bridgehead atoms. The van der Waals surface area contributed by atoms with Gasteiger partial charge in [0.15, 0.2) is 0 Å². The van der Waals surface area contributed by atoms with Gasteiger partial charge in [-0.3, -0.25) is 4.72 Å². The van der Waals surface area contributed by atoms with Gasteiger partial charge in [0.05, 0.1) is 11.4 Å². The molecule has 1 aliphatic heterocycles. The van der Waals surface area contributed by atoms with Crippen molar-refractivity contribution in [2.75, 3.05) is 10.5 Å². The van der Waals surface area contributed by atoms with Gasteiger partial charge in [-0.15, -0.1) is 0 Å². The average molecular weight is 243 g/mol. The summed E-state index contributed by atoms with van der Waals surface area (Å²) in [6.45, 7) is 3.83. The van der Waals surface area contributed by atoms with E-state index in [0.717, 1.165) is 0 Å². The van der Waals surface area contributed by atoms with Gasteiger partial charge in [-0.1, -0.05) is 19.9 Å². The SMILES string of the molecule is CC(C)c1ccc2c(c1F)CCS(=O)(=O)N2. The van der Waals surface area contributed by atoms with Gasteiger partial charge in [-0.2, -0.15) is 0 Å². The Kier molecular flexibility index (Phi) is 2.66. The fourth-order valence-corrected chi connectivity index (χ4v) is 2.98. The van der Waals surface area contributed by atoms with Crippen molar-refractivity contribution in [2.24, 2.45) is 0 Å². The van der Waals surface area contributed by atoms with E-state index in [0.29, 0.717) is 16.8 Å². The molecule has 0 amide bonds. The molecule has 0 spiro atoms. The second-order valence-corrected chi connectivity index (χ2v) is 6.16. The maximum atomic E-state index is 14.0.